The number of hydrogen-bond acceptors (Lipinski definition) is 2. The van der Waals surface area contributed by atoms with E-state index in [-0.39, 0.29) is 0 Å². The van der Waals surface area contributed by atoms with E-state index in [1.807, 2.05) is 24.3 Å². The van der Waals surface area contributed by atoms with Gasteiger partial charge in [0.25, 0.3) is 0 Å². The Morgan fingerprint density at radius 1 is 1.26 bits per heavy atom. The molecular weight excluding hydrogens is 258 g/mol. The number of hydrogen-bond donors (Lipinski definition) is 0. The maximum atomic E-state index is 6.01. The van der Waals surface area contributed by atoms with Gasteiger partial charge in [0.1, 0.15) is 0 Å². The first-order valence-corrected chi connectivity index (χ1v) is 7.47. The molecule has 100 valence electrons. The quantitative estimate of drug-likeness (QED) is 0.747. The first-order valence-electron chi connectivity index (χ1n) is 6.94. The van der Waals surface area contributed by atoms with E-state index in [0.29, 0.717) is 11.8 Å². The SMILES string of the molecule is ClCc1cc(OCCC2CCC2)nc2ccccc12. The van der Waals surface area contributed by atoms with Gasteiger partial charge in [-0.05, 0) is 24.0 Å². The number of fused-ring (bicyclic) bond motifs is 1. The molecular formula is C16H18ClNO. The number of rotatable bonds is 5. The Bertz CT molecular complexity index is 566. The molecule has 0 radical (unpaired) electrons. The van der Waals surface area contributed by atoms with Crippen LogP contribution in [0.1, 0.15) is 31.2 Å². The second kappa shape index (κ2) is 5.79. The molecule has 0 atom stereocenters. The molecule has 0 unspecified atom stereocenters. The van der Waals surface area contributed by atoms with Gasteiger partial charge in [-0.2, -0.15) is 0 Å². The van der Waals surface area contributed by atoms with Crippen molar-refractivity contribution < 1.29 is 4.74 Å². The minimum absolute atomic E-state index is 0.488. The highest BCUT2D eigenvalue weighted by Crippen LogP contribution is 2.29. The minimum Gasteiger partial charge on any atom is -0.478 e. The average Bonchev–Trinajstić information content (AvgIpc) is 2.40. The summed E-state index contributed by atoms with van der Waals surface area (Å²) in [6.45, 7) is 0.762. The molecule has 0 spiro atoms. The van der Waals surface area contributed by atoms with E-state index in [2.05, 4.69) is 11.1 Å². The Hall–Kier alpha value is -1.28. The summed E-state index contributed by atoms with van der Waals surface area (Å²) in [5.74, 6) is 2.06. The van der Waals surface area contributed by atoms with Crippen molar-refractivity contribution in [1.29, 1.82) is 0 Å². The molecule has 1 aromatic heterocycles. The molecule has 1 aromatic carbocycles. The van der Waals surface area contributed by atoms with Gasteiger partial charge >= 0.3 is 0 Å². The number of aromatic nitrogens is 1. The first-order chi connectivity index (χ1) is 9.36. The van der Waals surface area contributed by atoms with Gasteiger partial charge in [-0.25, -0.2) is 4.98 Å². The lowest BCUT2D eigenvalue weighted by atomic mass is 9.83. The summed E-state index contributed by atoms with van der Waals surface area (Å²) in [5, 5.41) is 1.11. The monoisotopic (exact) mass is 275 g/mol. The zero-order valence-electron chi connectivity index (χ0n) is 10.9. The molecule has 2 nitrogen and oxygen atoms in total. The maximum Gasteiger partial charge on any atom is 0.214 e. The van der Waals surface area contributed by atoms with Crippen molar-refractivity contribution >= 4 is 22.5 Å². The first kappa shape index (κ1) is 12.7. The highest BCUT2D eigenvalue weighted by Gasteiger charge is 2.17. The van der Waals surface area contributed by atoms with Gasteiger partial charge in [0.15, 0.2) is 0 Å². The summed E-state index contributed by atoms with van der Waals surface area (Å²) in [5.41, 5.74) is 2.05. The standard InChI is InChI=1S/C16H18ClNO/c17-11-13-10-16(19-9-8-12-4-3-5-12)18-15-7-2-1-6-14(13)15/h1-2,6-7,10,12H,3-5,8-9,11H2. The molecule has 1 aliphatic carbocycles. The molecule has 19 heavy (non-hydrogen) atoms. The van der Waals surface area contributed by atoms with Gasteiger partial charge in [0, 0.05) is 17.3 Å². The molecule has 2 aromatic rings. The van der Waals surface area contributed by atoms with Crippen molar-refractivity contribution in [2.45, 2.75) is 31.6 Å². The number of benzene rings is 1. The highest BCUT2D eigenvalue weighted by atomic mass is 35.5. The molecule has 0 aliphatic heterocycles. The lowest BCUT2D eigenvalue weighted by Crippen LogP contribution is -2.14. The maximum absolute atomic E-state index is 6.01. The third-order valence-electron chi connectivity index (χ3n) is 3.92. The fraction of sp³-hybridized carbons (Fsp3) is 0.438. The van der Waals surface area contributed by atoms with Gasteiger partial charge in [-0.15, -0.1) is 11.6 Å². The number of para-hydroxylation sites is 1. The van der Waals surface area contributed by atoms with Crippen LogP contribution in [0.25, 0.3) is 10.9 Å². The highest BCUT2D eigenvalue weighted by molar-refractivity contribution is 6.18. The predicted molar refractivity (Wildman–Crippen MR) is 78.8 cm³/mol. The smallest absolute Gasteiger partial charge is 0.214 e. The van der Waals surface area contributed by atoms with Crippen LogP contribution < -0.4 is 4.74 Å². The summed E-state index contributed by atoms with van der Waals surface area (Å²) in [7, 11) is 0. The molecule has 1 heterocycles. The lowest BCUT2D eigenvalue weighted by molar-refractivity contribution is 0.217. The molecule has 0 bridgehead atoms. The van der Waals surface area contributed by atoms with E-state index in [0.717, 1.165) is 35.4 Å². The van der Waals surface area contributed by atoms with Crippen LogP contribution in [0.15, 0.2) is 30.3 Å². The molecule has 0 amide bonds. The molecule has 0 N–H and O–H groups in total. The number of halogens is 1. The van der Waals surface area contributed by atoms with Crippen molar-refractivity contribution in [3.8, 4) is 5.88 Å². The number of ether oxygens (including phenoxy) is 1. The Balaban J connectivity index is 1.75. The van der Waals surface area contributed by atoms with Gasteiger partial charge in [-0.1, -0.05) is 37.5 Å². The van der Waals surface area contributed by atoms with Crippen LogP contribution in [0.2, 0.25) is 0 Å². The third-order valence-corrected chi connectivity index (χ3v) is 4.21. The normalized spacial score (nSPS) is 15.4. The van der Waals surface area contributed by atoms with Crippen LogP contribution in [0.4, 0.5) is 0 Å². The Morgan fingerprint density at radius 3 is 2.84 bits per heavy atom. The summed E-state index contributed by atoms with van der Waals surface area (Å²) in [4.78, 5) is 4.54. The molecule has 1 saturated carbocycles. The minimum atomic E-state index is 0.488. The third kappa shape index (κ3) is 2.84. The Labute approximate surface area is 118 Å². The van der Waals surface area contributed by atoms with Crippen LogP contribution in [0.3, 0.4) is 0 Å². The van der Waals surface area contributed by atoms with Crippen LogP contribution in [-0.4, -0.2) is 11.6 Å². The zero-order valence-corrected chi connectivity index (χ0v) is 11.7. The van der Waals surface area contributed by atoms with Gasteiger partial charge in [0.2, 0.25) is 5.88 Å². The van der Waals surface area contributed by atoms with Gasteiger partial charge in [-0.3, -0.25) is 0 Å². The van der Waals surface area contributed by atoms with Crippen molar-refractivity contribution in [1.82, 2.24) is 4.98 Å². The molecule has 1 aliphatic rings. The second-order valence-electron chi connectivity index (χ2n) is 5.20. The van der Waals surface area contributed by atoms with E-state index in [9.17, 15) is 0 Å². The lowest BCUT2D eigenvalue weighted by Gasteiger charge is -2.24. The van der Waals surface area contributed by atoms with Gasteiger partial charge < -0.3 is 4.74 Å². The topological polar surface area (TPSA) is 22.1 Å². The van der Waals surface area contributed by atoms with Gasteiger partial charge in [0.05, 0.1) is 12.1 Å². The molecule has 1 fully saturated rings. The number of nitrogens with zero attached hydrogens (tertiary/aromatic N) is 1. The van der Waals surface area contributed by atoms with E-state index >= 15 is 0 Å². The fourth-order valence-corrected chi connectivity index (χ4v) is 2.74. The van der Waals surface area contributed by atoms with Crippen molar-refractivity contribution in [3.05, 3.63) is 35.9 Å². The zero-order chi connectivity index (χ0) is 13.1. The van der Waals surface area contributed by atoms with E-state index in [1.54, 1.807) is 0 Å². The van der Waals surface area contributed by atoms with Crippen molar-refractivity contribution in [3.63, 3.8) is 0 Å². The largest absolute Gasteiger partial charge is 0.478 e. The predicted octanol–water partition coefficient (Wildman–Crippen LogP) is 4.54. The van der Waals surface area contributed by atoms with Crippen LogP contribution in [0.5, 0.6) is 5.88 Å². The summed E-state index contributed by atoms with van der Waals surface area (Å²) >= 11 is 6.01. The number of pyridine rings is 1. The van der Waals surface area contributed by atoms with Crippen LogP contribution >= 0.6 is 11.6 Å². The molecule has 3 heteroatoms. The molecule has 0 saturated heterocycles. The van der Waals surface area contributed by atoms with E-state index in [4.69, 9.17) is 16.3 Å². The molecule has 3 rings (SSSR count). The fourth-order valence-electron chi connectivity index (χ4n) is 2.52. The summed E-state index contributed by atoms with van der Waals surface area (Å²) in [6.07, 6.45) is 5.25. The summed E-state index contributed by atoms with van der Waals surface area (Å²) < 4.78 is 5.79. The number of alkyl halides is 1. The summed E-state index contributed by atoms with van der Waals surface area (Å²) in [6, 6.07) is 10.0. The Kier molecular flexibility index (Phi) is 3.88. The Morgan fingerprint density at radius 2 is 2.11 bits per heavy atom. The van der Waals surface area contributed by atoms with Crippen molar-refractivity contribution in [2.24, 2.45) is 5.92 Å². The van der Waals surface area contributed by atoms with E-state index < -0.39 is 0 Å². The van der Waals surface area contributed by atoms with Crippen LogP contribution in [0, 0.1) is 5.92 Å². The van der Waals surface area contributed by atoms with Crippen molar-refractivity contribution in [2.75, 3.05) is 6.61 Å². The average molecular weight is 276 g/mol. The van der Waals surface area contributed by atoms with E-state index in [1.165, 1.54) is 19.3 Å². The van der Waals surface area contributed by atoms with Crippen LogP contribution in [-0.2, 0) is 5.88 Å². The second-order valence-corrected chi connectivity index (χ2v) is 5.47.